The summed E-state index contributed by atoms with van der Waals surface area (Å²) < 4.78 is 4.68. The maximum atomic E-state index is 12.6. The third kappa shape index (κ3) is 3.24. The molecule has 0 unspecified atom stereocenters. The largest absolute Gasteiger partial charge is 0.342 e. The van der Waals surface area contributed by atoms with Crippen molar-refractivity contribution in [2.75, 3.05) is 13.1 Å². The van der Waals surface area contributed by atoms with Gasteiger partial charge in [0.05, 0.1) is 6.42 Å². The number of nitrogens with zero attached hydrogens (tertiary/aromatic N) is 4. The van der Waals surface area contributed by atoms with E-state index in [0.29, 0.717) is 17.9 Å². The monoisotopic (exact) mass is 336 g/mol. The van der Waals surface area contributed by atoms with Gasteiger partial charge in [-0.05, 0) is 31.2 Å². The summed E-state index contributed by atoms with van der Waals surface area (Å²) in [5, 5.41) is 9.89. The highest BCUT2D eigenvalue weighted by atomic mass is 16.6. The minimum Gasteiger partial charge on any atom is -0.342 e. The molecule has 128 valence electrons. The lowest BCUT2D eigenvalue weighted by Crippen LogP contribution is -2.40. The molecule has 0 bridgehead atoms. The van der Waals surface area contributed by atoms with Crippen LogP contribution in [0, 0.1) is 6.92 Å². The SMILES string of the molecule is Cc1nonc1CC(=O)N1CCC[C@H](c2cc3ccccc3cn2)C1. The maximum absolute atomic E-state index is 12.6. The van der Waals surface area contributed by atoms with Crippen LogP contribution in [0.25, 0.3) is 10.8 Å². The molecule has 1 amide bonds. The summed E-state index contributed by atoms with van der Waals surface area (Å²) in [6.45, 7) is 3.29. The van der Waals surface area contributed by atoms with Crippen molar-refractivity contribution < 1.29 is 9.42 Å². The molecule has 1 aliphatic heterocycles. The minimum absolute atomic E-state index is 0.0734. The van der Waals surface area contributed by atoms with E-state index in [1.165, 1.54) is 5.39 Å². The number of fused-ring (bicyclic) bond motifs is 1. The normalized spacial score (nSPS) is 17.8. The third-order valence-electron chi connectivity index (χ3n) is 4.91. The zero-order valence-electron chi connectivity index (χ0n) is 14.2. The Morgan fingerprint density at radius 3 is 2.92 bits per heavy atom. The van der Waals surface area contributed by atoms with Gasteiger partial charge in [-0.3, -0.25) is 9.78 Å². The summed E-state index contributed by atoms with van der Waals surface area (Å²) in [5.74, 6) is 0.350. The molecule has 1 fully saturated rings. The lowest BCUT2D eigenvalue weighted by molar-refractivity contribution is -0.131. The lowest BCUT2D eigenvalue weighted by atomic mass is 9.93. The number of carbonyl (C=O) groups is 1. The number of amides is 1. The van der Waals surface area contributed by atoms with Gasteiger partial charge in [-0.25, -0.2) is 4.63 Å². The number of benzene rings is 1. The highest BCUT2D eigenvalue weighted by molar-refractivity contribution is 5.82. The van der Waals surface area contributed by atoms with Gasteiger partial charge >= 0.3 is 0 Å². The van der Waals surface area contributed by atoms with Crippen LogP contribution in [0.4, 0.5) is 0 Å². The summed E-state index contributed by atoms with van der Waals surface area (Å²) in [6, 6.07) is 10.4. The fourth-order valence-electron chi connectivity index (χ4n) is 3.43. The van der Waals surface area contributed by atoms with E-state index in [9.17, 15) is 4.79 Å². The van der Waals surface area contributed by atoms with Crippen LogP contribution in [0.5, 0.6) is 0 Å². The summed E-state index contributed by atoms with van der Waals surface area (Å²) >= 11 is 0. The molecule has 0 N–H and O–H groups in total. The Hall–Kier alpha value is -2.76. The second-order valence-corrected chi connectivity index (χ2v) is 6.61. The van der Waals surface area contributed by atoms with Crippen molar-refractivity contribution in [3.05, 3.63) is 53.6 Å². The van der Waals surface area contributed by atoms with Crippen LogP contribution in [-0.2, 0) is 11.2 Å². The van der Waals surface area contributed by atoms with Gasteiger partial charge in [-0.2, -0.15) is 0 Å². The maximum Gasteiger partial charge on any atom is 0.228 e. The molecule has 0 saturated carbocycles. The second kappa shape index (κ2) is 6.63. The van der Waals surface area contributed by atoms with E-state index in [-0.39, 0.29) is 18.2 Å². The van der Waals surface area contributed by atoms with Gasteiger partial charge in [0.25, 0.3) is 0 Å². The Morgan fingerprint density at radius 2 is 2.12 bits per heavy atom. The molecule has 0 aliphatic carbocycles. The Labute approximate surface area is 145 Å². The summed E-state index contributed by atoms with van der Waals surface area (Å²) in [5.41, 5.74) is 2.37. The van der Waals surface area contributed by atoms with Crippen LogP contribution in [0.2, 0.25) is 0 Å². The number of aryl methyl sites for hydroxylation is 1. The molecular formula is C19H20N4O2. The van der Waals surface area contributed by atoms with Crippen LogP contribution >= 0.6 is 0 Å². The van der Waals surface area contributed by atoms with Gasteiger partial charge in [0.15, 0.2) is 0 Å². The van der Waals surface area contributed by atoms with Crippen LogP contribution < -0.4 is 0 Å². The zero-order chi connectivity index (χ0) is 17.2. The first kappa shape index (κ1) is 15.7. The molecule has 6 nitrogen and oxygen atoms in total. The molecule has 2 aromatic heterocycles. The average Bonchev–Trinajstić information content (AvgIpc) is 3.06. The molecule has 3 heterocycles. The molecule has 4 rings (SSSR count). The van der Waals surface area contributed by atoms with Crippen LogP contribution in [0.1, 0.15) is 35.8 Å². The average molecular weight is 336 g/mol. The number of aromatic nitrogens is 3. The predicted octanol–water partition coefficient (Wildman–Crippen LogP) is 2.87. The zero-order valence-corrected chi connectivity index (χ0v) is 14.2. The number of carbonyl (C=O) groups excluding carboxylic acids is 1. The van der Waals surface area contributed by atoms with Gasteiger partial charge in [-0.1, -0.05) is 34.6 Å². The van der Waals surface area contributed by atoms with Gasteiger partial charge in [-0.15, -0.1) is 0 Å². The van der Waals surface area contributed by atoms with Crippen LogP contribution in [0.3, 0.4) is 0 Å². The summed E-state index contributed by atoms with van der Waals surface area (Å²) in [4.78, 5) is 19.2. The fourth-order valence-corrected chi connectivity index (χ4v) is 3.43. The molecule has 1 atom stereocenters. The smallest absolute Gasteiger partial charge is 0.228 e. The number of pyridine rings is 1. The number of piperidine rings is 1. The second-order valence-electron chi connectivity index (χ2n) is 6.61. The first-order valence-electron chi connectivity index (χ1n) is 8.61. The van der Waals surface area contributed by atoms with Crippen molar-refractivity contribution in [3.8, 4) is 0 Å². The Bertz CT molecular complexity index is 905. The van der Waals surface area contributed by atoms with Gasteiger partial charge in [0, 0.05) is 36.3 Å². The van der Waals surface area contributed by atoms with E-state index < -0.39 is 0 Å². The van der Waals surface area contributed by atoms with Crippen LogP contribution in [0.15, 0.2) is 41.2 Å². The van der Waals surface area contributed by atoms with Crippen molar-refractivity contribution in [1.82, 2.24) is 20.2 Å². The fraction of sp³-hybridized carbons (Fsp3) is 0.368. The lowest BCUT2D eigenvalue weighted by Gasteiger charge is -2.32. The summed E-state index contributed by atoms with van der Waals surface area (Å²) in [7, 11) is 0. The molecule has 1 aromatic carbocycles. The van der Waals surface area contributed by atoms with Gasteiger partial charge in [0.1, 0.15) is 11.4 Å². The van der Waals surface area contributed by atoms with E-state index in [4.69, 9.17) is 0 Å². The van der Waals surface area contributed by atoms with E-state index >= 15 is 0 Å². The molecule has 0 spiro atoms. The molecular weight excluding hydrogens is 316 g/mol. The number of hydrogen-bond acceptors (Lipinski definition) is 5. The standard InChI is InChI=1S/C19H20N4O2/c1-13-17(22-25-21-13)10-19(24)23-8-4-7-16(12-23)18-9-14-5-2-3-6-15(14)11-20-18/h2-3,5-6,9,11,16H,4,7-8,10,12H2,1H3/t16-/m0/s1. The Balaban J connectivity index is 1.49. The third-order valence-corrected chi connectivity index (χ3v) is 4.91. The molecule has 1 aliphatic rings. The molecule has 6 heteroatoms. The predicted molar refractivity (Wildman–Crippen MR) is 93.0 cm³/mol. The topological polar surface area (TPSA) is 72.1 Å². The van der Waals surface area contributed by atoms with Crippen molar-refractivity contribution in [3.63, 3.8) is 0 Å². The van der Waals surface area contributed by atoms with E-state index in [1.54, 1.807) is 6.92 Å². The number of likely N-dealkylation sites (tertiary alicyclic amines) is 1. The van der Waals surface area contributed by atoms with Gasteiger partial charge < -0.3 is 4.90 Å². The molecule has 1 saturated heterocycles. The summed E-state index contributed by atoms with van der Waals surface area (Å²) in [6.07, 6.45) is 4.21. The van der Waals surface area contributed by atoms with Gasteiger partial charge in [0.2, 0.25) is 5.91 Å². The molecule has 0 radical (unpaired) electrons. The highest BCUT2D eigenvalue weighted by Crippen LogP contribution is 2.28. The number of hydrogen-bond donors (Lipinski definition) is 0. The number of rotatable bonds is 3. The van der Waals surface area contributed by atoms with E-state index in [1.807, 2.05) is 23.2 Å². The van der Waals surface area contributed by atoms with Crippen molar-refractivity contribution in [2.45, 2.75) is 32.1 Å². The Kier molecular flexibility index (Phi) is 4.17. The Morgan fingerprint density at radius 1 is 1.28 bits per heavy atom. The van der Waals surface area contributed by atoms with Crippen molar-refractivity contribution in [1.29, 1.82) is 0 Å². The highest BCUT2D eigenvalue weighted by Gasteiger charge is 2.26. The van der Waals surface area contributed by atoms with Crippen LogP contribution in [-0.4, -0.2) is 39.2 Å². The first-order chi connectivity index (χ1) is 12.2. The first-order valence-corrected chi connectivity index (χ1v) is 8.61. The molecule has 3 aromatic rings. The van der Waals surface area contributed by atoms with Crippen molar-refractivity contribution in [2.24, 2.45) is 0 Å². The minimum atomic E-state index is 0.0734. The quantitative estimate of drug-likeness (QED) is 0.735. The molecule has 25 heavy (non-hydrogen) atoms. The van der Waals surface area contributed by atoms with E-state index in [0.717, 1.165) is 30.5 Å². The van der Waals surface area contributed by atoms with E-state index in [2.05, 4.69) is 38.1 Å². The van der Waals surface area contributed by atoms with Crippen molar-refractivity contribution >= 4 is 16.7 Å².